The SMILES string of the molecule is CNc1cnn(Cc2ccc(C(F)(F)F)cc2)c(=O)c1. The summed E-state index contributed by atoms with van der Waals surface area (Å²) >= 11 is 0. The number of nitrogens with zero attached hydrogens (tertiary/aromatic N) is 2. The number of aromatic nitrogens is 2. The van der Waals surface area contributed by atoms with Crippen molar-refractivity contribution >= 4 is 5.69 Å². The van der Waals surface area contributed by atoms with Gasteiger partial charge in [-0.15, -0.1) is 0 Å². The Labute approximate surface area is 112 Å². The van der Waals surface area contributed by atoms with Gasteiger partial charge in [0.05, 0.1) is 24.0 Å². The fourth-order valence-electron chi connectivity index (χ4n) is 1.66. The standard InChI is InChI=1S/C13H12F3N3O/c1-17-11-6-12(20)19(18-7-11)8-9-2-4-10(5-3-9)13(14,15)16/h2-7,17H,8H2,1H3. The second-order valence-corrected chi connectivity index (χ2v) is 4.18. The molecule has 1 N–H and O–H groups in total. The zero-order valence-electron chi connectivity index (χ0n) is 10.6. The maximum atomic E-state index is 12.4. The topological polar surface area (TPSA) is 46.9 Å². The first-order chi connectivity index (χ1) is 9.40. The molecule has 0 bridgehead atoms. The highest BCUT2D eigenvalue weighted by Gasteiger charge is 2.29. The summed E-state index contributed by atoms with van der Waals surface area (Å²) in [5.41, 5.74) is 0.118. The van der Waals surface area contributed by atoms with Gasteiger partial charge in [0, 0.05) is 13.1 Å². The van der Waals surface area contributed by atoms with E-state index in [1.807, 2.05) is 0 Å². The molecule has 0 aliphatic carbocycles. The molecule has 0 atom stereocenters. The number of halogens is 3. The molecular weight excluding hydrogens is 271 g/mol. The van der Waals surface area contributed by atoms with Crippen LogP contribution < -0.4 is 10.9 Å². The van der Waals surface area contributed by atoms with Gasteiger partial charge in [-0.05, 0) is 17.7 Å². The first-order valence-corrected chi connectivity index (χ1v) is 5.81. The van der Waals surface area contributed by atoms with Crippen LogP contribution in [0.15, 0.2) is 41.3 Å². The molecule has 7 heteroatoms. The Morgan fingerprint density at radius 1 is 1.25 bits per heavy atom. The molecule has 0 unspecified atom stereocenters. The Balaban J connectivity index is 2.20. The summed E-state index contributed by atoms with van der Waals surface area (Å²) in [4.78, 5) is 11.7. The van der Waals surface area contributed by atoms with Crippen LogP contribution >= 0.6 is 0 Å². The molecule has 4 nitrogen and oxygen atoms in total. The van der Waals surface area contributed by atoms with Gasteiger partial charge in [0.25, 0.3) is 5.56 Å². The molecule has 20 heavy (non-hydrogen) atoms. The quantitative estimate of drug-likeness (QED) is 0.940. The van der Waals surface area contributed by atoms with Gasteiger partial charge in [-0.1, -0.05) is 12.1 Å². The van der Waals surface area contributed by atoms with Gasteiger partial charge in [0.1, 0.15) is 0 Å². The van der Waals surface area contributed by atoms with E-state index in [-0.39, 0.29) is 12.1 Å². The normalized spacial score (nSPS) is 11.4. The Morgan fingerprint density at radius 3 is 2.40 bits per heavy atom. The molecule has 1 heterocycles. The van der Waals surface area contributed by atoms with Crippen LogP contribution in [0, 0.1) is 0 Å². The number of hydrogen-bond acceptors (Lipinski definition) is 3. The van der Waals surface area contributed by atoms with Crippen molar-refractivity contribution in [1.29, 1.82) is 0 Å². The fourth-order valence-corrected chi connectivity index (χ4v) is 1.66. The molecule has 0 aliphatic heterocycles. The zero-order chi connectivity index (χ0) is 14.8. The van der Waals surface area contributed by atoms with Crippen molar-refractivity contribution in [3.63, 3.8) is 0 Å². The number of hydrogen-bond donors (Lipinski definition) is 1. The van der Waals surface area contributed by atoms with Crippen LogP contribution in [-0.4, -0.2) is 16.8 Å². The maximum absolute atomic E-state index is 12.4. The van der Waals surface area contributed by atoms with E-state index in [0.717, 1.165) is 12.1 Å². The molecule has 0 amide bonds. The molecule has 2 aromatic rings. The Bertz CT molecular complexity index is 647. The number of benzene rings is 1. The summed E-state index contributed by atoms with van der Waals surface area (Å²) in [7, 11) is 1.66. The molecular formula is C13H12F3N3O. The van der Waals surface area contributed by atoms with Crippen molar-refractivity contribution in [1.82, 2.24) is 9.78 Å². The van der Waals surface area contributed by atoms with Crippen LogP contribution in [0.25, 0.3) is 0 Å². The molecule has 0 radical (unpaired) electrons. The summed E-state index contributed by atoms with van der Waals surface area (Å²) in [6.07, 6.45) is -2.88. The smallest absolute Gasteiger partial charge is 0.387 e. The Kier molecular flexibility index (Phi) is 3.78. The van der Waals surface area contributed by atoms with Crippen molar-refractivity contribution in [2.75, 3.05) is 12.4 Å². The molecule has 106 valence electrons. The van der Waals surface area contributed by atoms with Crippen LogP contribution in [-0.2, 0) is 12.7 Å². The van der Waals surface area contributed by atoms with Crippen LogP contribution in [0.5, 0.6) is 0 Å². The van der Waals surface area contributed by atoms with E-state index in [4.69, 9.17) is 0 Å². The zero-order valence-corrected chi connectivity index (χ0v) is 10.6. The number of rotatable bonds is 3. The third-order valence-electron chi connectivity index (χ3n) is 2.77. The van der Waals surface area contributed by atoms with Crippen LogP contribution in [0.4, 0.5) is 18.9 Å². The van der Waals surface area contributed by atoms with Crippen molar-refractivity contribution in [2.24, 2.45) is 0 Å². The largest absolute Gasteiger partial charge is 0.416 e. The minimum Gasteiger partial charge on any atom is -0.387 e. The highest BCUT2D eigenvalue weighted by atomic mass is 19.4. The lowest BCUT2D eigenvalue weighted by Crippen LogP contribution is -2.22. The molecule has 1 aromatic heterocycles. The van der Waals surface area contributed by atoms with Crippen molar-refractivity contribution in [2.45, 2.75) is 12.7 Å². The third-order valence-corrected chi connectivity index (χ3v) is 2.77. The van der Waals surface area contributed by atoms with Crippen LogP contribution in [0.1, 0.15) is 11.1 Å². The predicted octanol–water partition coefficient (Wildman–Crippen LogP) is 2.35. The highest BCUT2D eigenvalue weighted by molar-refractivity contribution is 5.37. The average molecular weight is 283 g/mol. The number of alkyl halides is 3. The van der Waals surface area contributed by atoms with Gasteiger partial charge in [-0.2, -0.15) is 18.3 Å². The van der Waals surface area contributed by atoms with Crippen LogP contribution in [0.3, 0.4) is 0 Å². The fraction of sp³-hybridized carbons (Fsp3) is 0.231. The Hall–Kier alpha value is -2.31. The van der Waals surface area contributed by atoms with Gasteiger partial charge in [-0.25, -0.2) is 4.68 Å². The maximum Gasteiger partial charge on any atom is 0.416 e. The van der Waals surface area contributed by atoms with Gasteiger partial charge in [-0.3, -0.25) is 4.79 Å². The van der Waals surface area contributed by atoms with Crippen molar-refractivity contribution in [3.05, 3.63) is 58.0 Å². The molecule has 0 fully saturated rings. The molecule has 2 rings (SSSR count). The second-order valence-electron chi connectivity index (χ2n) is 4.18. The van der Waals surface area contributed by atoms with E-state index in [2.05, 4.69) is 10.4 Å². The summed E-state index contributed by atoms with van der Waals surface area (Å²) in [6, 6.07) is 6.02. The van der Waals surface area contributed by atoms with Gasteiger partial charge >= 0.3 is 6.18 Å². The molecule has 0 saturated heterocycles. The minimum absolute atomic E-state index is 0.126. The Morgan fingerprint density at radius 2 is 1.90 bits per heavy atom. The van der Waals surface area contributed by atoms with E-state index in [1.54, 1.807) is 7.05 Å². The summed E-state index contributed by atoms with van der Waals surface area (Å²) in [6.45, 7) is 0.126. The van der Waals surface area contributed by atoms with Gasteiger partial charge in [0.2, 0.25) is 0 Å². The van der Waals surface area contributed by atoms with E-state index in [9.17, 15) is 18.0 Å². The number of nitrogens with one attached hydrogen (secondary N) is 1. The van der Waals surface area contributed by atoms with Crippen molar-refractivity contribution < 1.29 is 13.2 Å². The van der Waals surface area contributed by atoms with E-state index in [1.165, 1.54) is 29.1 Å². The lowest BCUT2D eigenvalue weighted by molar-refractivity contribution is -0.137. The predicted molar refractivity (Wildman–Crippen MR) is 68.6 cm³/mol. The third kappa shape index (κ3) is 3.17. The van der Waals surface area contributed by atoms with E-state index < -0.39 is 11.7 Å². The lowest BCUT2D eigenvalue weighted by Gasteiger charge is -2.08. The highest BCUT2D eigenvalue weighted by Crippen LogP contribution is 2.29. The molecule has 0 aliphatic rings. The van der Waals surface area contributed by atoms with E-state index in [0.29, 0.717) is 11.3 Å². The first kappa shape index (κ1) is 14.1. The molecule has 1 aromatic carbocycles. The summed E-state index contributed by atoms with van der Waals surface area (Å²) < 4.78 is 38.4. The lowest BCUT2D eigenvalue weighted by atomic mass is 10.1. The van der Waals surface area contributed by atoms with E-state index >= 15 is 0 Å². The van der Waals surface area contributed by atoms with Crippen molar-refractivity contribution in [3.8, 4) is 0 Å². The number of anilines is 1. The van der Waals surface area contributed by atoms with Gasteiger partial charge in [0.15, 0.2) is 0 Å². The summed E-state index contributed by atoms with van der Waals surface area (Å²) in [5, 5.41) is 6.72. The van der Waals surface area contributed by atoms with Gasteiger partial charge < -0.3 is 5.32 Å². The average Bonchev–Trinajstić information content (AvgIpc) is 2.40. The first-order valence-electron chi connectivity index (χ1n) is 5.81. The minimum atomic E-state index is -4.36. The van der Waals surface area contributed by atoms with Crippen LogP contribution in [0.2, 0.25) is 0 Å². The summed E-state index contributed by atoms with van der Waals surface area (Å²) in [5.74, 6) is 0. The molecule has 0 saturated carbocycles. The second kappa shape index (κ2) is 5.36. The molecule has 0 spiro atoms. The monoisotopic (exact) mass is 283 g/mol.